The molecule has 0 radical (unpaired) electrons. The van der Waals surface area contributed by atoms with Crippen molar-refractivity contribution in [1.29, 1.82) is 0 Å². The molecule has 0 saturated carbocycles. The number of fused-ring (bicyclic) bond motifs is 2. The molecule has 0 aliphatic carbocycles. The number of nitrogen functional groups attached to an aromatic ring is 1. The SMILES string of the molecule is C=CC(=O)N1CCC[C@@H](n2nc(C(=O)Nc3nc4ccc(Br)cc4o3)c3c(N)nccc32)C1. The zero-order chi connectivity index (χ0) is 23.1. The Kier molecular flexibility index (Phi) is 5.33. The van der Waals surface area contributed by atoms with Crippen molar-refractivity contribution in [2.75, 3.05) is 24.1 Å². The number of hydrogen-bond acceptors (Lipinski definition) is 7. The summed E-state index contributed by atoms with van der Waals surface area (Å²) >= 11 is 3.38. The zero-order valence-electron chi connectivity index (χ0n) is 17.5. The molecule has 4 aromatic rings. The minimum atomic E-state index is -0.515. The van der Waals surface area contributed by atoms with Crippen LogP contribution < -0.4 is 11.1 Å². The number of aromatic nitrogens is 4. The van der Waals surface area contributed by atoms with Crippen molar-refractivity contribution in [3.05, 3.63) is 53.3 Å². The summed E-state index contributed by atoms with van der Waals surface area (Å²) in [4.78, 5) is 35.5. The Morgan fingerprint density at radius 2 is 2.18 bits per heavy atom. The van der Waals surface area contributed by atoms with Crippen molar-refractivity contribution in [1.82, 2.24) is 24.6 Å². The lowest BCUT2D eigenvalue weighted by Crippen LogP contribution is -2.40. The number of halogens is 1. The Labute approximate surface area is 196 Å². The van der Waals surface area contributed by atoms with Gasteiger partial charge < -0.3 is 15.1 Å². The van der Waals surface area contributed by atoms with Gasteiger partial charge in [-0.1, -0.05) is 22.5 Å². The van der Waals surface area contributed by atoms with Gasteiger partial charge in [0.1, 0.15) is 11.3 Å². The standard InChI is InChI=1S/C22H20BrN7O3/c1-2-17(31)29-9-3-4-13(11-29)30-15-7-8-25-20(24)18(15)19(28-30)21(32)27-22-26-14-6-5-12(23)10-16(14)33-22/h2,5-8,10,13H,1,3-4,9,11H2,(H2,24,25)(H,26,27,32)/t13-/m1/s1. The Balaban J connectivity index is 1.50. The number of nitrogens with two attached hydrogens (primary N) is 1. The topological polar surface area (TPSA) is 132 Å². The largest absolute Gasteiger partial charge is 0.423 e. The summed E-state index contributed by atoms with van der Waals surface area (Å²) in [5.74, 6) is -0.447. The van der Waals surface area contributed by atoms with Gasteiger partial charge in [0.15, 0.2) is 11.3 Å². The highest BCUT2D eigenvalue weighted by Crippen LogP contribution is 2.30. The molecule has 1 atom stereocenters. The lowest BCUT2D eigenvalue weighted by molar-refractivity contribution is -0.127. The number of nitrogens with one attached hydrogen (secondary N) is 1. The number of pyridine rings is 1. The molecule has 0 bridgehead atoms. The smallest absolute Gasteiger partial charge is 0.302 e. The van der Waals surface area contributed by atoms with Gasteiger partial charge in [-0.3, -0.25) is 19.6 Å². The number of carbonyl (C=O) groups excluding carboxylic acids is 2. The van der Waals surface area contributed by atoms with Crippen molar-refractivity contribution in [2.45, 2.75) is 18.9 Å². The summed E-state index contributed by atoms with van der Waals surface area (Å²) < 4.78 is 8.25. The summed E-state index contributed by atoms with van der Waals surface area (Å²) in [7, 11) is 0. The minimum absolute atomic E-state index is 0.0543. The first-order valence-electron chi connectivity index (χ1n) is 10.4. The fraction of sp³-hybridized carbons (Fsp3) is 0.227. The van der Waals surface area contributed by atoms with Crippen LogP contribution in [0.4, 0.5) is 11.8 Å². The number of nitrogens with zero attached hydrogens (tertiary/aromatic N) is 5. The van der Waals surface area contributed by atoms with Gasteiger partial charge in [0.2, 0.25) is 5.91 Å². The van der Waals surface area contributed by atoms with Crippen molar-refractivity contribution >= 4 is 61.6 Å². The van der Waals surface area contributed by atoms with Crippen LogP contribution >= 0.6 is 15.9 Å². The van der Waals surface area contributed by atoms with Crippen molar-refractivity contribution in [3.8, 4) is 0 Å². The fourth-order valence-corrected chi connectivity index (χ4v) is 4.48. The van der Waals surface area contributed by atoms with E-state index in [1.807, 2.05) is 6.07 Å². The molecule has 5 rings (SSSR count). The van der Waals surface area contributed by atoms with E-state index < -0.39 is 5.91 Å². The van der Waals surface area contributed by atoms with E-state index >= 15 is 0 Å². The highest BCUT2D eigenvalue weighted by Gasteiger charge is 2.29. The maximum absolute atomic E-state index is 13.2. The molecular weight excluding hydrogens is 490 g/mol. The van der Waals surface area contributed by atoms with E-state index in [1.54, 1.807) is 34.0 Å². The van der Waals surface area contributed by atoms with E-state index in [0.717, 1.165) is 17.3 Å². The molecule has 3 N–H and O–H groups in total. The van der Waals surface area contributed by atoms with Crippen LogP contribution in [0.1, 0.15) is 29.4 Å². The van der Waals surface area contributed by atoms with Gasteiger partial charge in [0, 0.05) is 23.8 Å². The van der Waals surface area contributed by atoms with Crippen LogP contribution in [-0.2, 0) is 4.79 Å². The molecule has 10 nitrogen and oxygen atoms in total. The molecule has 1 fully saturated rings. The van der Waals surface area contributed by atoms with Crippen LogP contribution in [0.2, 0.25) is 0 Å². The van der Waals surface area contributed by atoms with E-state index in [0.29, 0.717) is 35.1 Å². The summed E-state index contributed by atoms with van der Waals surface area (Å²) in [6, 6.07) is 7.09. The number of anilines is 2. The van der Waals surface area contributed by atoms with Gasteiger partial charge in [-0.05, 0) is 43.2 Å². The van der Waals surface area contributed by atoms with Crippen LogP contribution in [-0.4, -0.2) is 49.6 Å². The molecule has 1 aliphatic rings. The van der Waals surface area contributed by atoms with Crippen LogP contribution in [0.3, 0.4) is 0 Å². The second-order valence-electron chi connectivity index (χ2n) is 7.75. The van der Waals surface area contributed by atoms with Crippen LogP contribution in [0.15, 0.2) is 52.0 Å². The Morgan fingerprint density at radius 1 is 1.33 bits per heavy atom. The first-order chi connectivity index (χ1) is 15.9. The molecular formula is C22H20BrN7O3. The number of piperidine rings is 1. The molecule has 3 aromatic heterocycles. The predicted octanol–water partition coefficient (Wildman–Crippen LogP) is 3.52. The van der Waals surface area contributed by atoms with E-state index in [1.165, 1.54) is 6.08 Å². The molecule has 11 heteroatoms. The highest BCUT2D eigenvalue weighted by molar-refractivity contribution is 9.10. The average molecular weight is 510 g/mol. The van der Waals surface area contributed by atoms with Crippen molar-refractivity contribution in [3.63, 3.8) is 0 Å². The second kappa shape index (κ2) is 8.32. The van der Waals surface area contributed by atoms with Gasteiger partial charge in [0.05, 0.1) is 16.9 Å². The third-order valence-electron chi connectivity index (χ3n) is 5.66. The second-order valence-corrected chi connectivity index (χ2v) is 8.67. The van der Waals surface area contributed by atoms with Gasteiger partial charge >= 0.3 is 6.01 Å². The normalized spacial score (nSPS) is 16.3. The molecule has 2 amide bonds. The van der Waals surface area contributed by atoms with E-state index in [9.17, 15) is 9.59 Å². The molecule has 0 spiro atoms. The molecule has 1 aromatic carbocycles. The Morgan fingerprint density at radius 3 is 3.00 bits per heavy atom. The maximum Gasteiger partial charge on any atom is 0.302 e. The number of rotatable bonds is 4. The highest BCUT2D eigenvalue weighted by atomic mass is 79.9. The lowest BCUT2D eigenvalue weighted by atomic mass is 10.1. The van der Waals surface area contributed by atoms with E-state index in [2.05, 4.69) is 42.9 Å². The number of likely N-dealkylation sites (tertiary alicyclic amines) is 1. The van der Waals surface area contributed by atoms with Gasteiger partial charge in [-0.15, -0.1) is 0 Å². The van der Waals surface area contributed by atoms with Gasteiger partial charge in [-0.25, -0.2) is 4.98 Å². The first kappa shape index (κ1) is 21.1. The van der Waals surface area contributed by atoms with Crippen LogP contribution in [0.25, 0.3) is 22.0 Å². The molecule has 168 valence electrons. The minimum Gasteiger partial charge on any atom is -0.423 e. The number of oxazole rings is 1. The Hall–Kier alpha value is -3.73. The van der Waals surface area contributed by atoms with Gasteiger partial charge in [-0.2, -0.15) is 10.1 Å². The monoisotopic (exact) mass is 509 g/mol. The number of amides is 2. The van der Waals surface area contributed by atoms with E-state index in [4.69, 9.17) is 10.2 Å². The summed E-state index contributed by atoms with van der Waals surface area (Å²) in [6.45, 7) is 4.70. The Bertz CT molecular complexity index is 1410. The average Bonchev–Trinajstić information content (AvgIpc) is 3.40. The van der Waals surface area contributed by atoms with Crippen molar-refractivity contribution in [2.24, 2.45) is 0 Å². The third kappa shape index (κ3) is 3.84. The van der Waals surface area contributed by atoms with Crippen molar-refractivity contribution < 1.29 is 14.0 Å². The van der Waals surface area contributed by atoms with Gasteiger partial charge in [0.25, 0.3) is 5.91 Å². The maximum atomic E-state index is 13.2. The van der Waals surface area contributed by atoms with Crippen LogP contribution in [0.5, 0.6) is 0 Å². The number of benzene rings is 1. The molecule has 4 heterocycles. The quantitative estimate of drug-likeness (QED) is 0.402. The predicted molar refractivity (Wildman–Crippen MR) is 127 cm³/mol. The number of hydrogen-bond donors (Lipinski definition) is 2. The van der Waals surface area contributed by atoms with Crippen LogP contribution in [0, 0.1) is 0 Å². The molecule has 0 unspecified atom stereocenters. The van der Waals surface area contributed by atoms with E-state index in [-0.39, 0.29) is 29.5 Å². The number of carbonyl (C=O) groups is 2. The zero-order valence-corrected chi connectivity index (χ0v) is 19.1. The fourth-order valence-electron chi connectivity index (χ4n) is 4.14. The molecule has 33 heavy (non-hydrogen) atoms. The first-order valence-corrected chi connectivity index (χ1v) is 11.2. The lowest BCUT2D eigenvalue weighted by Gasteiger charge is -2.32. The summed E-state index contributed by atoms with van der Waals surface area (Å²) in [5, 5.41) is 7.72. The molecule has 1 aliphatic heterocycles. The third-order valence-corrected chi connectivity index (χ3v) is 6.16. The summed E-state index contributed by atoms with van der Waals surface area (Å²) in [5.41, 5.74) is 8.07. The summed E-state index contributed by atoms with van der Waals surface area (Å²) in [6.07, 6.45) is 4.50. The molecule has 1 saturated heterocycles.